The molecule has 0 unspecified atom stereocenters. The molecule has 3 heteroatoms. The van der Waals surface area contributed by atoms with E-state index in [0.29, 0.717) is 12.1 Å². The van der Waals surface area contributed by atoms with Crippen molar-refractivity contribution < 1.29 is 9.18 Å². The Morgan fingerprint density at radius 3 is 2.47 bits per heavy atom. The third-order valence-electron chi connectivity index (χ3n) is 2.96. The predicted octanol–water partition coefficient (Wildman–Crippen LogP) is 2.01. The second-order valence-corrected chi connectivity index (χ2v) is 4.15. The van der Waals surface area contributed by atoms with Crippen LogP contribution in [0.1, 0.15) is 23.2 Å². The number of ketones is 1. The maximum atomic E-state index is 12.7. The molecule has 15 heavy (non-hydrogen) atoms. The van der Waals surface area contributed by atoms with Gasteiger partial charge in [-0.2, -0.15) is 0 Å². The quantitative estimate of drug-likeness (QED) is 0.765. The van der Waals surface area contributed by atoms with Gasteiger partial charge in [0.05, 0.1) is 0 Å². The van der Waals surface area contributed by atoms with Gasteiger partial charge in [-0.15, -0.1) is 0 Å². The fourth-order valence-corrected chi connectivity index (χ4v) is 1.88. The first-order valence-corrected chi connectivity index (χ1v) is 5.13. The molecule has 80 valence electrons. The molecule has 0 spiro atoms. The summed E-state index contributed by atoms with van der Waals surface area (Å²) in [7, 11) is 1.85. The Bertz CT molecular complexity index is 368. The van der Waals surface area contributed by atoms with Gasteiger partial charge in [-0.05, 0) is 44.2 Å². The third-order valence-corrected chi connectivity index (χ3v) is 2.96. The van der Waals surface area contributed by atoms with Crippen LogP contribution in [0.25, 0.3) is 0 Å². The molecule has 0 amide bonds. The topological polar surface area (TPSA) is 29.1 Å². The molecule has 0 aromatic heterocycles. The molecular weight excluding hydrogens is 193 g/mol. The smallest absolute Gasteiger partial charge is 0.170 e. The molecule has 0 aliphatic heterocycles. The number of carbonyl (C=O) groups excluding carboxylic acids is 1. The first kappa shape index (κ1) is 10.3. The lowest BCUT2D eigenvalue weighted by molar-refractivity contribution is 0.0900. The molecule has 1 fully saturated rings. The second-order valence-electron chi connectivity index (χ2n) is 4.15. The third kappa shape index (κ3) is 1.92. The van der Waals surface area contributed by atoms with E-state index in [1.165, 1.54) is 12.1 Å². The molecule has 2 rings (SSSR count). The molecule has 0 atom stereocenters. The molecule has 1 aliphatic rings. The number of carbonyl (C=O) groups is 1. The summed E-state index contributed by atoms with van der Waals surface area (Å²) in [6.07, 6.45) is 1.87. The number of hydrogen-bond donors (Lipinski definition) is 1. The average Bonchev–Trinajstić information content (AvgIpc) is 3.00. The van der Waals surface area contributed by atoms with Gasteiger partial charge in [0.2, 0.25) is 0 Å². The van der Waals surface area contributed by atoms with Gasteiger partial charge in [-0.25, -0.2) is 4.39 Å². The van der Waals surface area contributed by atoms with E-state index in [1.807, 2.05) is 7.05 Å². The van der Waals surface area contributed by atoms with Gasteiger partial charge < -0.3 is 5.32 Å². The summed E-state index contributed by atoms with van der Waals surface area (Å²) < 4.78 is 12.7. The van der Waals surface area contributed by atoms with E-state index in [1.54, 1.807) is 12.1 Å². The Balaban J connectivity index is 2.18. The minimum atomic E-state index is -0.301. The van der Waals surface area contributed by atoms with Crippen molar-refractivity contribution in [2.45, 2.75) is 12.8 Å². The zero-order valence-electron chi connectivity index (χ0n) is 8.72. The molecule has 1 aromatic rings. The van der Waals surface area contributed by atoms with Crippen LogP contribution in [0.15, 0.2) is 24.3 Å². The van der Waals surface area contributed by atoms with Gasteiger partial charge in [0.15, 0.2) is 5.78 Å². The van der Waals surface area contributed by atoms with E-state index in [4.69, 9.17) is 0 Å². The summed E-state index contributed by atoms with van der Waals surface area (Å²) in [5.41, 5.74) is 0.399. The van der Waals surface area contributed by atoms with E-state index in [2.05, 4.69) is 5.32 Å². The van der Waals surface area contributed by atoms with Crippen LogP contribution in [0.2, 0.25) is 0 Å². The van der Waals surface area contributed by atoms with Crippen molar-refractivity contribution in [2.24, 2.45) is 5.41 Å². The van der Waals surface area contributed by atoms with E-state index >= 15 is 0 Å². The molecule has 0 saturated heterocycles. The maximum Gasteiger partial charge on any atom is 0.170 e. The standard InChI is InChI=1S/C12H14FNO/c1-14-8-12(6-7-12)11(15)9-2-4-10(13)5-3-9/h2-5,14H,6-8H2,1H3. The zero-order valence-corrected chi connectivity index (χ0v) is 8.72. The highest BCUT2D eigenvalue weighted by atomic mass is 19.1. The highest BCUT2D eigenvalue weighted by Gasteiger charge is 2.48. The van der Waals surface area contributed by atoms with Crippen LogP contribution in [0, 0.1) is 11.2 Å². The molecule has 0 radical (unpaired) electrons. The Morgan fingerprint density at radius 1 is 1.40 bits per heavy atom. The van der Waals surface area contributed by atoms with Gasteiger partial charge in [0.25, 0.3) is 0 Å². The van der Waals surface area contributed by atoms with Crippen molar-refractivity contribution in [3.8, 4) is 0 Å². The van der Waals surface area contributed by atoms with E-state index in [0.717, 1.165) is 12.8 Å². The van der Waals surface area contributed by atoms with E-state index in [9.17, 15) is 9.18 Å². The second kappa shape index (κ2) is 3.74. The first-order chi connectivity index (χ1) is 7.18. The van der Waals surface area contributed by atoms with E-state index in [-0.39, 0.29) is 17.0 Å². The van der Waals surface area contributed by atoms with Crippen molar-refractivity contribution in [2.75, 3.05) is 13.6 Å². The number of benzene rings is 1. The van der Waals surface area contributed by atoms with Gasteiger partial charge in [-0.3, -0.25) is 4.79 Å². The van der Waals surface area contributed by atoms with Crippen LogP contribution in [-0.2, 0) is 0 Å². The van der Waals surface area contributed by atoms with Crippen molar-refractivity contribution >= 4 is 5.78 Å². The van der Waals surface area contributed by atoms with Crippen LogP contribution in [-0.4, -0.2) is 19.4 Å². The number of hydrogen-bond acceptors (Lipinski definition) is 2. The van der Waals surface area contributed by atoms with Gasteiger partial charge in [0.1, 0.15) is 5.82 Å². The fourth-order valence-electron chi connectivity index (χ4n) is 1.88. The largest absolute Gasteiger partial charge is 0.319 e. The minimum absolute atomic E-state index is 0.136. The van der Waals surface area contributed by atoms with Crippen LogP contribution in [0.5, 0.6) is 0 Å². The van der Waals surface area contributed by atoms with Crippen LogP contribution in [0.4, 0.5) is 4.39 Å². The summed E-state index contributed by atoms with van der Waals surface area (Å²) >= 11 is 0. The molecular formula is C12H14FNO. The molecule has 1 aromatic carbocycles. The normalized spacial score (nSPS) is 17.5. The Kier molecular flexibility index (Phi) is 2.57. The molecule has 2 nitrogen and oxygen atoms in total. The zero-order chi connectivity index (χ0) is 10.9. The van der Waals surface area contributed by atoms with Gasteiger partial charge >= 0.3 is 0 Å². The van der Waals surface area contributed by atoms with Crippen molar-refractivity contribution in [3.05, 3.63) is 35.6 Å². The highest BCUT2D eigenvalue weighted by molar-refractivity contribution is 6.02. The molecule has 0 heterocycles. The van der Waals surface area contributed by atoms with Gasteiger partial charge in [0, 0.05) is 17.5 Å². The summed E-state index contributed by atoms with van der Waals surface area (Å²) in [4.78, 5) is 12.1. The molecule has 1 saturated carbocycles. The van der Waals surface area contributed by atoms with Crippen LogP contribution >= 0.6 is 0 Å². The lowest BCUT2D eigenvalue weighted by Crippen LogP contribution is -2.27. The van der Waals surface area contributed by atoms with Gasteiger partial charge in [-0.1, -0.05) is 0 Å². The molecule has 1 N–H and O–H groups in total. The summed E-state index contributed by atoms with van der Waals surface area (Å²) in [5.74, 6) is -0.165. The molecule has 1 aliphatic carbocycles. The Morgan fingerprint density at radius 2 is 2.00 bits per heavy atom. The highest BCUT2D eigenvalue weighted by Crippen LogP contribution is 2.47. The summed E-state index contributed by atoms with van der Waals surface area (Å²) in [5, 5.41) is 3.04. The number of Topliss-reactive ketones (excluding diaryl/α,β-unsaturated/α-hetero) is 1. The van der Waals surface area contributed by atoms with E-state index < -0.39 is 0 Å². The number of rotatable bonds is 4. The summed E-state index contributed by atoms with van der Waals surface area (Å²) in [6, 6.07) is 5.80. The molecule has 0 bridgehead atoms. The minimum Gasteiger partial charge on any atom is -0.319 e. The summed E-state index contributed by atoms with van der Waals surface area (Å²) in [6.45, 7) is 0.712. The average molecular weight is 207 g/mol. The first-order valence-electron chi connectivity index (χ1n) is 5.13. The SMILES string of the molecule is CNCC1(C(=O)c2ccc(F)cc2)CC1. The van der Waals surface area contributed by atoms with Crippen LogP contribution < -0.4 is 5.32 Å². The van der Waals surface area contributed by atoms with Crippen LogP contribution in [0.3, 0.4) is 0 Å². The van der Waals surface area contributed by atoms with Crippen molar-refractivity contribution in [1.82, 2.24) is 5.32 Å². The van der Waals surface area contributed by atoms with Crippen molar-refractivity contribution in [1.29, 1.82) is 0 Å². The maximum absolute atomic E-state index is 12.7. The monoisotopic (exact) mass is 207 g/mol. The number of halogens is 1. The lowest BCUT2D eigenvalue weighted by Gasteiger charge is -2.12. The Hall–Kier alpha value is -1.22. The fraction of sp³-hybridized carbons (Fsp3) is 0.417. The lowest BCUT2D eigenvalue weighted by atomic mass is 9.95. The predicted molar refractivity (Wildman–Crippen MR) is 56.3 cm³/mol. The van der Waals surface area contributed by atoms with Crippen molar-refractivity contribution in [3.63, 3.8) is 0 Å². The number of nitrogens with one attached hydrogen (secondary N) is 1. The Labute approximate surface area is 88.5 Å².